The monoisotopic (exact) mass is 575 g/mol. The molecule has 8 nitrogen and oxygen atoms in total. The minimum atomic E-state index is -4.65. The summed E-state index contributed by atoms with van der Waals surface area (Å²) in [6, 6.07) is 2.70. The molecule has 2 fully saturated rings. The van der Waals surface area contributed by atoms with Gasteiger partial charge in [0.05, 0.1) is 10.5 Å². The number of ether oxygens (including phenoxy) is 1. The van der Waals surface area contributed by atoms with Gasteiger partial charge in [-0.15, -0.1) is 0 Å². The molecular weight excluding hydrogens is 535 g/mol. The van der Waals surface area contributed by atoms with Crippen molar-refractivity contribution >= 4 is 22.0 Å². The van der Waals surface area contributed by atoms with E-state index in [4.69, 9.17) is 4.74 Å². The highest BCUT2D eigenvalue weighted by Gasteiger charge is 2.48. The largest absolute Gasteiger partial charge is 0.444 e. The highest BCUT2D eigenvalue weighted by atomic mass is 32.2. The second kappa shape index (κ2) is 11.6. The maximum absolute atomic E-state index is 13.5. The standard InChI is InChI=1S/C27H40F3N3O5S/c1-7-33(25(35)38-26(4,5)6)23(13-17(2)3)24(34)31-22-12-11-18-15-32(16-21(18)22)39(36,37)20-10-8-9-19(14-20)27(28,29)30/h8-10,14,17-18,21-23H,7,11-13,15-16H2,1-6H3,(H,31,34)/t18-,21+,22+,23+/m1/s1. The first kappa shape index (κ1) is 31.2. The van der Waals surface area contributed by atoms with Crippen LogP contribution < -0.4 is 5.32 Å². The van der Waals surface area contributed by atoms with Gasteiger partial charge in [-0.05, 0) is 82.9 Å². The van der Waals surface area contributed by atoms with Crippen LogP contribution in [0.3, 0.4) is 0 Å². The average molecular weight is 576 g/mol. The highest BCUT2D eigenvalue weighted by Crippen LogP contribution is 2.41. The van der Waals surface area contributed by atoms with Gasteiger partial charge in [0.25, 0.3) is 0 Å². The Bertz CT molecular complexity index is 1150. The molecule has 1 N–H and O–H groups in total. The number of benzene rings is 1. The van der Waals surface area contributed by atoms with Crippen LogP contribution in [0.15, 0.2) is 29.2 Å². The molecule has 3 rings (SSSR count). The number of rotatable bonds is 8. The van der Waals surface area contributed by atoms with Crippen LogP contribution in [0, 0.1) is 17.8 Å². The van der Waals surface area contributed by atoms with Crippen molar-refractivity contribution < 1.29 is 35.9 Å². The number of hydrogen-bond donors (Lipinski definition) is 1. The van der Waals surface area contributed by atoms with Crippen molar-refractivity contribution in [2.75, 3.05) is 19.6 Å². The zero-order valence-corrected chi connectivity index (χ0v) is 24.2. The summed E-state index contributed by atoms with van der Waals surface area (Å²) in [6.07, 6.45) is -3.46. The quantitative estimate of drug-likeness (QED) is 0.476. The van der Waals surface area contributed by atoms with Crippen molar-refractivity contribution in [3.63, 3.8) is 0 Å². The molecule has 1 aliphatic heterocycles. The number of amides is 2. The van der Waals surface area contributed by atoms with Crippen LogP contribution >= 0.6 is 0 Å². The Balaban J connectivity index is 1.75. The fourth-order valence-corrected chi connectivity index (χ4v) is 7.06. The molecular formula is C27H40F3N3O5S. The second-order valence-electron chi connectivity index (χ2n) is 11.9. The Morgan fingerprint density at radius 3 is 2.38 bits per heavy atom. The molecule has 1 saturated carbocycles. The Morgan fingerprint density at radius 2 is 1.82 bits per heavy atom. The Kier molecular flexibility index (Phi) is 9.31. The molecule has 1 heterocycles. The van der Waals surface area contributed by atoms with E-state index in [1.807, 2.05) is 13.8 Å². The van der Waals surface area contributed by atoms with Gasteiger partial charge >= 0.3 is 12.3 Å². The Labute approximate surface area is 229 Å². The van der Waals surface area contributed by atoms with E-state index in [0.717, 1.165) is 12.1 Å². The fraction of sp³-hybridized carbons (Fsp3) is 0.704. The summed E-state index contributed by atoms with van der Waals surface area (Å²) in [5.41, 5.74) is -1.74. The second-order valence-corrected chi connectivity index (χ2v) is 13.8. The summed E-state index contributed by atoms with van der Waals surface area (Å²) < 4.78 is 72.7. The van der Waals surface area contributed by atoms with Gasteiger partial charge in [-0.1, -0.05) is 19.9 Å². The number of nitrogens with one attached hydrogen (secondary N) is 1. The Hall–Kier alpha value is -2.34. The number of carbonyl (C=O) groups is 2. The van der Waals surface area contributed by atoms with Crippen molar-refractivity contribution in [3.05, 3.63) is 29.8 Å². The molecule has 1 saturated heterocycles. The lowest BCUT2D eigenvalue weighted by atomic mass is 9.96. The number of sulfonamides is 1. The lowest BCUT2D eigenvalue weighted by Gasteiger charge is -2.34. The molecule has 4 atom stereocenters. The van der Waals surface area contributed by atoms with Gasteiger partial charge in [0.1, 0.15) is 11.6 Å². The average Bonchev–Trinajstić information content (AvgIpc) is 3.39. The number of hydrogen-bond acceptors (Lipinski definition) is 5. The van der Waals surface area contributed by atoms with Crippen molar-refractivity contribution in [3.8, 4) is 0 Å². The lowest BCUT2D eigenvalue weighted by molar-refractivity contribution is -0.137. The number of fused-ring (bicyclic) bond motifs is 1. The molecule has 1 aromatic carbocycles. The number of likely N-dealkylation sites (N-methyl/N-ethyl adjacent to an activating group) is 1. The molecule has 12 heteroatoms. The van der Waals surface area contributed by atoms with Crippen LogP contribution in [0.2, 0.25) is 0 Å². The van der Waals surface area contributed by atoms with Crippen LogP contribution in [0.4, 0.5) is 18.0 Å². The third-order valence-electron chi connectivity index (χ3n) is 7.29. The summed E-state index contributed by atoms with van der Waals surface area (Å²) in [6.45, 7) is 11.5. The molecule has 0 radical (unpaired) electrons. The van der Waals surface area contributed by atoms with E-state index < -0.39 is 44.4 Å². The summed E-state index contributed by atoms with van der Waals surface area (Å²) in [4.78, 5) is 27.4. The third kappa shape index (κ3) is 7.45. The normalized spacial score (nSPS) is 23.0. The molecule has 39 heavy (non-hydrogen) atoms. The van der Waals surface area contributed by atoms with Gasteiger partial charge in [0.15, 0.2) is 0 Å². The predicted octanol–water partition coefficient (Wildman–Crippen LogP) is 4.89. The molecule has 1 aromatic rings. The van der Waals surface area contributed by atoms with Gasteiger partial charge in [0, 0.05) is 25.7 Å². The minimum Gasteiger partial charge on any atom is -0.444 e. The topological polar surface area (TPSA) is 96.0 Å². The molecule has 2 aliphatic rings. The zero-order valence-electron chi connectivity index (χ0n) is 23.4. The maximum atomic E-state index is 13.5. The molecule has 0 unspecified atom stereocenters. The smallest absolute Gasteiger partial charge is 0.416 e. The summed E-state index contributed by atoms with van der Waals surface area (Å²) >= 11 is 0. The molecule has 0 bridgehead atoms. The van der Waals surface area contributed by atoms with Gasteiger partial charge in [-0.3, -0.25) is 9.69 Å². The van der Waals surface area contributed by atoms with Crippen molar-refractivity contribution in [1.82, 2.24) is 14.5 Å². The number of halogens is 3. The van der Waals surface area contributed by atoms with Crippen LogP contribution in [0.25, 0.3) is 0 Å². The van der Waals surface area contributed by atoms with Gasteiger partial charge in [-0.2, -0.15) is 17.5 Å². The number of carbonyl (C=O) groups excluding carboxylic acids is 2. The number of nitrogens with zero attached hydrogens (tertiary/aromatic N) is 2. The van der Waals surface area contributed by atoms with E-state index in [1.54, 1.807) is 27.7 Å². The minimum absolute atomic E-state index is 0.0208. The van der Waals surface area contributed by atoms with E-state index in [0.29, 0.717) is 25.3 Å². The van der Waals surface area contributed by atoms with Crippen molar-refractivity contribution in [2.45, 2.75) is 89.6 Å². The van der Waals surface area contributed by atoms with E-state index in [-0.39, 0.29) is 49.3 Å². The van der Waals surface area contributed by atoms with Crippen molar-refractivity contribution in [1.29, 1.82) is 0 Å². The first-order valence-corrected chi connectivity index (χ1v) is 14.9. The van der Waals surface area contributed by atoms with Crippen LogP contribution in [0.1, 0.15) is 66.4 Å². The number of alkyl halides is 3. The molecule has 0 aromatic heterocycles. The Morgan fingerprint density at radius 1 is 1.15 bits per heavy atom. The van der Waals surface area contributed by atoms with Crippen molar-refractivity contribution in [2.24, 2.45) is 17.8 Å². The third-order valence-corrected chi connectivity index (χ3v) is 9.12. The van der Waals surface area contributed by atoms with Gasteiger partial charge < -0.3 is 10.1 Å². The summed E-state index contributed by atoms with van der Waals surface area (Å²) in [5, 5.41) is 3.07. The van der Waals surface area contributed by atoms with Crippen LogP contribution in [0.5, 0.6) is 0 Å². The lowest BCUT2D eigenvalue weighted by Crippen LogP contribution is -2.54. The van der Waals surface area contributed by atoms with E-state index in [2.05, 4.69) is 5.32 Å². The van der Waals surface area contributed by atoms with Gasteiger partial charge in [0.2, 0.25) is 15.9 Å². The first-order valence-electron chi connectivity index (χ1n) is 13.4. The first-order chi connectivity index (χ1) is 17.9. The SMILES string of the molecule is CCN(C(=O)OC(C)(C)C)[C@@H](CC(C)C)C(=O)N[C@H]1CC[C@@H]2CN(S(=O)(=O)c3cccc(C(F)(F)F)c3)C[C@@H]21. The molecule has 0 spiro atoms. The van der Waals surface area contributed by atoms with E-state index in [1.165, 1.54) is 15.3 Å². The highest BCUT2D eigenvalue weighted by molar-refractivity contribution is 7.89. The van der Waals surface area contributed by atoms with E-state index >= 15 is 0 Å². The van der Waals surface area contributed by atoms with Crippen LogP contribution in [-0.4, -0.2) is 66.9 Å². The van der Waals surface area contributed by atoms with E-state index in [9.17, 15) is 31.2 Å². The fourth-order valence-electron chi connectivity index (χ4n) is 5.48. The molecule has 2 amide bonds. The predicted molar refractivity (Wildman–Crippen MR) is 140 cm³/mol. The molecule has 220 valence electrons. The zero-order chi connectivity index (χ0) is 29.3. The van der Waals surface area contributed by atoms with Gasteiger partial charge in [-0.25, -0.2) is 13.2 Å². The molecule has 1 aliphatic carbocycles. The summed E-state index contributed by atoms with van der Waals surface area (Å²) in [5.74, 6) is -0.396. The summed E-state index contributed by atoms with van der Waals surface area (Å²) in [7, 11) is -4.14. The maximum Gasteiger partial charge on any atom is 0.416 e. The van der Waals surface area contributed by atoms with Crippen LogP contribution in [-0.2, 0) is 25.7 Å².